The van der Waals surface area contributed by atoms with Crippen LogP contribution in [0.25, 0.3) is 0 Å². The molecule has 1 aromatic rings. The second kappa shape index (κ2) is 5.48. The number of hydrogen-bond donors (Lipinski definition) is 3. The minimum absolute atomic E-state index is 0.00274. The Morgan fingerprint density at radius 3 is 2.67 bits per heavy atom. The summed E-state index contributed by atoms with van der Waals surface area (Å²) in [5.41, 5.74) is -0.610. The quantitative estimate of drug-likeness (QED) is 0.713. The molecule has 0 bridgehead atoms. The van der Waals surface area contributed by atoms with Crippen LogP contribution >= 0.6 is 0 Å². The third-order valence-corrected chi connectivity index (χ3v) is 2.35. The normalized spacial score (nSPS) is 11.1. The number of aryl methyl sites for hydroxylation is 1. The number of rotatable bonds is 5. The maximum absolute atomic E-state index is 11.7. The van der Waals surface area contributed by atoms with Crippen molar-refractivity contribution in [2.24, 2.45) is 7.05 Å². The molecule has 1 aromatic heterocycles. The van der Waals surface area contributed by atoms with Crippen LogP contribution in [0.3, 0.4) is 0 Å². The highest BCUT2D eigenvalue weighted by atomic mass is 16.4. The maximum atomic E-state index is 11.7. The lowest BCUT2D eigenvalue weighted by atomic mass is 9.99. The molecule has 0 unspecified atom stereocenters. The van der Waals surface area contributed by atoms with E-state index in [2.05, 4.69) is 20.7 Å². The fraction of sp³-hybridized carbons (Fsp3) is 0.600. The van der Waals surface area contributed by atoms with Gasteiger partial charge in [0.1, 0.15) is 6.33 Å². The van der Waals surface area contributed by atoms with Gasteiger partial charge >= 0.3 is 12.0 Å². The van der Waals surface area contributed by atoms with Crippen molar-refractivity contribution in [1.29, 1.82) is 0 Å². The molecule has 2 amide bonds. The van der Waals surface area contributed by atoms with Gasteiger partial charge in [0.05, 0.1) is 0 Å². The fourth-order valence-corrected chi connectivity index (χ4v) is 1.33. The largest absolute Gasteiger partial charge is 0.481 e. The summed E-state index contributed by atoms with van der Waals surface area (Å²) in [5.74, 6) is -0.569. The Morgan fingerprint density at radius 2 is 2.17 bits per heavy atom. The van der Waals surface area contributed by atoms with Gasteiger partial charge in [-0.1, -0.05) is 0 Å². The smallest absolute Gasteiger partial charge is 0.322 e. The number of carbonyl (C=O) groups is 2. The zero-order valence-electron chi connectivity index (χ0n) is 10.6. The van der Waals surface area contributed by atoms with Gasteiger partial charge in [-0.15, -0.1) is 0 Å². The predicted octanol–water partition coefficient (Wildman–Crippen LogP) is 0.580. The molecule has 0 fully saturated rings. The summed E-state index contributed by atoms with van der Waals surface area (Å²) in [6.07, 6.45) is 1.66. The monoisotopic (exact) mass is 255 g/mol. The van der Waals surface area contributed by atoms with Crippen LogP contribution in [-0.4, -0.2) is 37.4 Å². The van der Waals surface area contributed by atoms with Crippen molar-refractivity contribution in [3.63, 3.8) is 0 Å². The lowest BCUT2D eigenvalue weighted by Gasteiger charge is -2.25. The highest BCUT2D eigenvalue weighted by Gasteiger charge is 2.22. The van der Waals surface area contributed by atoms with Crippen LogP contribution < -0.4 is 10.6 Å². The summed E-state index contributed by atoms with van der Waals surface area (Å²) >= 11 is 0. The van der Waals surface area contributed by atoms with Crippen molar-refractivity contribution in [2.45, 2.75) is 32.2 Å². The number of carbonyl (C=O) groups excluding carboxylic acids is 1. The van der Waals surface area contributed by atoms with Gasteiger partial charge in [-0.2, -0.15) is 10.1 Å². The fourth-order valence-electron chi connectivity index (χ4n) is 1.33. The summed E-state index contributed by atoms with van der Waals surface area (Å²) in [7, 11) is 1.65. The van der Waals surface area contributed by atoms with E-state index < -0.39 is 17.5 Å². The molecule has 8 nitrogen and oxygen atoms in total. The SMILES string of the molecule is Cn1ncnc1NC(=O)NC(C)(C)CCC(=O)O. The van der Waals surface area contributed by atoms with E-state index >= 15 is 0 Å². The summed E-state index contributed by atoms with van der Waals surface area (Å²) < 4.78 is 1.42. The first-order valence-corrected chi connectivity index (χ1v) is 5.45. The Bertz CT molecular complexity index is 440. The van der Waals surface area contributed by atoms with Crippen molar-refractivity contribution in [1.82, 2.24) is 20.1 Å². The number of carboxylic acids is 1. The Balaban J connectivity index is 2.48. The molecule has 0 spiro atoms. The maximum Gasteiger partial charge on any atom is 0.322 e. The molecule has 3 N–H and O–H groups in total. The number of nitrogens with zero attached hydrogens (tertiary/aromatic N) is 3. The van der Waals surface area contributed by atoms with Crippen LogP contribution in [0, 0.1) is 0 Å². The third kappa shape index (κ3) is 4.40. The second-order valence-electron chi connectivity index (χ2n) is 4.56. The number of amides is 2. The summed E-state index contributed by atoms with van der Waals surface area (Å²) in [4.78, 5) is 26.0. The second-order valence-corrected chi connectivity index (χ2v) is 4.56. The third-order valence-electron chi connectivity index (χ3n) is 2.35. The molecule has 1 heterocycles. The first-order chi connectivity index (χ1) is 8.30. The highest BCUT2D eigenvalue weighted by molar-refractivity contribution is 5.87. The van der Waals surface area contributed by atoms with Gasteiger partial charge in [-0.3, -0.25) is 10.1 Å². The van der Waals surface area contributed by atoms with Gasteiger partial charge < -0.3 is 10.4 Å². The van der Waals surface area contributed by atoms with E-state index in [4.69, 9.17) is 5.11 Å². The summed E-state index contributed by atoms with van der Waals surface area (Å²) in [5, 5.41) is 17.6. The Hall–Kier alpha value is -2.12. The van der Waals surface area contributed by atoms with E-state index in [-0.39, 0.29) is 6.42 Å². The molecule has 0 aliphatic rings. The lowest BCUT2D eigenvalue weighted by molar-refractivity contribution is -0.137. The standard InChI is InChI=1S/C10H17N5O3/c1-10(2,5-4-7(16)17)14-9(18)13-8-11-6-12-15(8)3/h6H,4-5H2,1-3H3,(H,16,17)(H2,11,12,13,14,18). The van der Waals surface area contributed by atoms with E-state index in [0.717, 1.165) is 0 Å². The Kier molecular flexibility index (Phi) is 4.24. The molecule has 8 heteroatoms. The van der Waals surface area contributed by atoms with Crippen molar-refractivity contribution < 1.29 is 14.7 Å². The first kappa shape index (κ1) is 13.9. The van der Waals surface area contributed by atoms with E-state index in [1.165, 1.54) is 11.0 Å². The van der Waals surface area contributed by atoms with Crippen LogP contribution in [0.2, 0.25) is 0 Å². The minimum Gasteiger partial charge on any atom is -0.481 e. The Labute approximate surface area is 104 Å². The van der Waals surface area contributed by atoms with Gasteiger partial charge in [0.2, 0.25) is 5.95 Å². The van der Waals surface area contributed by atoms with Crippen LogP contribution in [-0.2, 0) is 11.8 Å². The first-order valence-electron chi connectivity index (χ1n) is 5.45. The number of aliphatic carboxylic acids is 1. The number of urea groups is 1. The van der Waals surface area contributed by atoms with Crippen LogP contribution in [0.1, 0.15) is 26.7 Å². The predicted molar refractivity (Wildman–Crippen MR) is 64.1 cm³/mol. The molecule has 0 aliphatic heterocycles. The average molecular weight is 255 g/mol. The van der Waals surface area contributed by atoms with Gasteiger partial charge in [0.25, 0.3) is 0 Å². The molecule has 0 atom stereocenters. The van der Waals surface area contributed by atoms with Crippen LogP contribution in [0.4, 0.5) is 10.7 Å². The average Bonchev–Trinajstić information content (AvgIpc) is 2.61. The van der Waals surface area contributed by atoms with E-state index in [9.17, 15) is 9.59 Å². The molecule has 100 valence electrons. The van der Waals surface area contributed by atoms with Gasteiger partial charge in [-0.05, 0) is 20.3 Å². The summed E-state index contributed by atoms with van der Waals surface area (Å²) in [6, 6.07) is -0.443. The van der Waals surface area contributed by atoms with Crippen LogP contribution in [0.15, 0.2) is 6.33 Å². The van der Waals surface area contributed by atoms with Crippen molar-refractivity contribution in [3.05, 3.63) is 6.33 Å². The molecule has 0 saturated carbocycles. The number of hydrogen-bond acceptors (Lipinski definition) is 4. The van der Waals surface area contributed by atoms with Gasteiger partial charge in [0.15, 0.2) is 0 Å². The van der Waals surface area contributed by atoms with E-state index in [1.54, 1.807) is 20.9 Å². The molecule has 0 radical (unpaired) electrons. The van der Waals surface area contributed by atoms with Crippen molar-refractivity contribution >= 4 is 17.9 Å². The number of anilines is 1. The molecular weight excluding hydrogens is 238 g/mol. The highest BCUT2D eigenvalue weighted by Crippen LogP contribution is 2.11. The molecule has 0 aromatic carbocycles. The zero-order chi connectivity index (χ0) is 13.8. The Morgan fingerprint density at radius 1 is 1.50 bits per heavy atom. The van der Waals surface area contributed by atoms with Gasteiger partial charge in [0, 0.05) is 19.0 Å². The molecular formula is C10H17N5O3. The van der Waals surface area contributed by atoms with Crippen LogP contribution in [0.5, 0.6) is 0 Å². The molecule has 18 heavy (non-hydrogen) atoms. The van der Waals surface area contributed by atoms with Crippen molar-refractivity contribution in [3.8, 4) is 0 Å². The van der Waals surface area contributed by atoms with E-state index in [0.29, 0.717) is 12.4 Å². The number of nitrogens with one attached hydrogen (secondary N) is 2. The molecule has 1 rings (SSSR count). The van der Waals surface area contributed by atoms with E-state index in [1.807, 2.05) is 0 Å². The lowest BCUT2D eigenvalue weighted by Crippen LogP contribution is -2.46. The molecule has 0 aliphatic carbocycles. The van der Waals surface area contributed by atoms with Crippen molar-refractivity contribution in [2.75, 3.05) is 5.32 Å². The summed E-state index contributed by atoms with van der Waals surface area (Å²) in [6.45, 7) is 3.51. The minimum atomic E-state index is -0.890. The zero-order valence-corrected chi connectivity index (χ0v) is 10.6. The van der Waals surface area contributed by atoms with Gasteiger partial charge in [-0.25, -0.2) is 9.48 Å². The number of carboxylic acid groups (broad SMARTS) is 1. The topological polar surface area (TPSA) is 109 Å². The molecule has 0 saturated heterocycles. The number of aromatic nitrogens is 3.